The summed E-state index contributed by atoms with van der Waals surface area (Å²) in [5.74, 6) is -0.110. The summed E-state index contributed by atoms with van der Waals surface area (Å²) in [4.78, 5) is 56.6. The Hall–Kier alpha value is -3.92. The van der Waals surface area contributed by atoms with Gasteiger partial charge in [0, 0.05) is 26.2 Å². The smallest absolute Gasteiger partial charge is 0.325 e. The lowest BCUT2D eigenvalue weighted by Gasteiger charge is -2.35. The van der Waals surface area contributed by atoms with E-state index in [9.17, 15) is 19.2 Å². The van der Waals surface area contributed by atoms with Gasteiger partial charge in [-0.1, -0.05) is 24.3 Å². The van der Waals surface area contributed by atoms with Crippen molar-refractivity contribution in [1.29, 1.82) is 0 Å². The summed E-state index contributed by atoms with van der Waals surface area (Å²) >= 11 is 1.39. The zero-order valence-electron chi connectivity index (χ0n) is 20.0. The average molecular weight is 507 g/mol. The first-order valence-electron chi connectivity index (χ1n) is 11.6. The van der Waals surface area contributed by atoms with Gasteiger partial charge in [0.05, 0.1) is 12.0 Å². The van der Waals surface area contributed by atoms with Crippen LogP contribution in [0.2, 0.25) is 0 Å². The maximum atomic E-state index is 13.4. The second-order valence-corrected chi connectivity index (χ2v) is 9.97. The molecule has 10 heteroatoms. The average Bonchev–Trinajstić information content (AvgIpc) is 3.51. The number of imide groups is 1. The van der Waals surface area contributed by atoms with Crippen molar-refractivity contribution in [2.75, 3.05) is 39.8 Å². The molecule has 5 amide bonds. The van der Waals surface area contributed by atoms with Gasteiger partial charge in [-0.05, 0) is 52.9 Å². The van der Waals surface area contributed by atoms with Crippen LogP contribution in [0, 0.1) is 0 Å². The van der Waals surface area contributed by atoms with Crippen LogP contribution in [0.15, 0.2) is 53.9 Å². The normalized spacial score (nSPS) is 20.1. The third-order valence-electron chi connectivity index (χ3n) is 6.84. The standard InChI is InChI=1S/C26H26N4O5S/c1-26(19-7-5-18-15-20(35-2)8-6-17(18)14-19)24(33)30(25(34)27-26)16-22(31)28-9-11-29(12-10-28)23(32)21-4-3-13-36-21/h3-8,13-15H,9-12,16H2,1-2H3,(H,27,34)/t26-/m0/s1. The molecule has 5 rings (SSSR count). The van der Waals surface area contributed by atoms with Crippen molar-refractivity contribution in [2.45, 2.75) is 12.5 Å². The minimum absolute atomic E-state index is 0.0456. The number of carbonyl (C=O) groups is 4. The Kier molecular flexibility index (Phi) is 6.13. The van der Waals surface area contributed by atoms with Gasteiger partial charge in [0.2, 0.25) is 5.91 Å². The van der Waals surface area contributed by atoms with Crippen LogP contribution in [0.1, 0.15) is 22.2 Å². The summed E-state index contributed by atoms with van der Waals surface area (Å²) in [6.45, 7) is 2.82. The van der Waals surface area contributed by atoms with Gasteiger partial charge in [-0.15, -0.1) is 11.3 Å². The number of nitrogens with zero attached hydrogens (tertiary/aromatic N) is 3. The van der Waals surface area contributed by atoms with Crippen LogP contribution < -0.4 is 10.1 Å². The summed E-state index contributed by atoms with van der Waals surface area (Å²) in [5.41, 5.74) is -0.647. The summed E-state index contributed by atoms with van der Waals surface area (Å²) in [5, 5.41) is 6.48. The van der Waals surface area contributed by atoms with Gasteiger partial charge in [-0.25, -0.2) is 4.79 Å². The fourth-order valence-corrected chi connectivity index (χ4v) is 5.34. The van der Waals surface area contributed by atoms with Crippen LogP contribution in [-0.4, -0.2) is 78.3 Å². The molecular weight excluding hydrogens is 480 g/mol. The second-order valence-electron chi connectivity index (χ2n) is 9.02. The molecule has 2 saturated heterocycles. The topological polar surface area (TPSA) is 99.3 Å². The minimum atomic E-state index is -1.28. The lowest BCUT2D eigenvalue weighted by molar-refractivity contribution is -0.139. The zero-order chi connectivity index (χ0) is 25.4. The Balaban J connectivity index is 1.25. The number of thiophene rings is 1. The minimum Gasteiger partial charge on any atom is -0.497 e. The molecule has 0 bridgehead atoms. The van der Waals surface area contributed by atoms with Crippen molar-refractivity contribution in [2.24, 2.45) is 0 Å². The number of fused-ring (bicyclic) bond motifs is 1. The summed E-state index contributed by atoms with van der Waals surface area (Å²) in [6, 6.07) is 14.2. The van der Waals surface area contributed by atoms with Crippen LogP contribution >= 0.6 is 11.3 Å². The third-order valence-corrected chi connectivity index (χ3v) is 7.70. The molecule has 1 atom stereocenters. The molecule has 3 heterocycles. The highest BCUT2D eigenvalue weighted by Crippen LogP contribution is 2.32. The van der Waals surface area contributed by atoms with Gasteiger partial charge in [0.15, 0.2) is 0 Å². The number of amides is 5. The Labute approximate surface area is 212 Å². The van der Waals surface area contributed by atoms with Gasteiger partial charge in [-0.2, -0.15) is 0 Å². The van der Waals surface area contributed by atoms with E-state index in [0.29, 0.717) is 36.6 Å². The van der Waals surface area contributed by atoms with Crippen molar-refractivity contribution in [3.05, 3.63) is 64.4 Å². The Morgan fingerprint density at radius 1 is 1.00 bits per heavy atom. The predicted molar refractivity (Wildman–Crippen MR) is 135 cm³/mol. The second kappa shape index (κ2) is 9.27. The number of nitrogens with one attached hydrogen (secondary N) is 1. The molecule has 2 aliphatic rings. The fourth-order valence-electron chi connectivity index (χ4n) is 4.65. The van der Waals surface area contributed by atoms with Crippen LogP contribution in [0.3, 0.4) is 0 Å². The predicted octanol–water partition coefficient (Wildman–Crippen LogP) is 2.66. The molecule has 3 aromatic rings. The Morgan fingerprint density at radius 2 is 1.69 bits per heavy atom. The van der Waals surface area contributed by atoms with Crippen molar-refractivity contribution in [1.82, 2.24) is 20.0 Å². The molecule has 186 valence electrons. The zero-order valence-corrected chi connectivity index (χ0v) is 20.8. The lowest BCUT2D eigenvalue weighted by atomic mass is 9.90. The Bertz CT molecular complexity index is 1350. The molecule has 1 N–H and O–H groups in total. The number of carbonyl (C=O) groups excluding carboxylic acids is 4. The number of ether oxygens (including phenoxy) is 1. The van der Waals surface area contributed by atoms with E-state index in [4.69, 9.17) is 4.74 Å². The number of methoxy groups -OCH3 is 1. The van der Waals surface area contributed by atoms with Gasteiger partial charge in [0.1, 0.15) is 17.8 Å². The molecule has 0 saturated carbocycles. The molecule has 9 nitrogen and oxygen atoms in total. The highest BCUT2D eigenvalue weighted by Gasteiger charge is 2.49. The van der Waals surface area contributed by atoms with Crippen molar-refractivity contribution >= 4 is 45.9 Å². The van der Waals surface area contributed by atoms with Crippen molar-refractivity contribution in [3.8, 4) is 5.75 Å². The van der Waals surface area contributed by atoms with Crippen LogP contribution in [0.5, 0.6) is 5.75 Å². The summed E-state index contributed by atoms with van der Waals surface area (Å²) in [6.07, 6.45) is 0. The number of hydrogen-bond donors (Lipinski definition) is 1. The van der Waals surface area contributed by atoms with Crippen LogP contribution in [0.4, 0.5) is 4.79 Å². The molecule has 36 heavy (non-hydrogen) atoms. The van der Waals surface area contributed by atoms with E-state index in [1.54, 1.807) is 36.0 Å². The maximum absolute atomic E-state index is 13.4. The van der Waals surface area contributed by atoms with Crippen molar-refractivity contribution < 1.29 is 23.9 Å². The van der Waals surface area contributed by atoms with E-state index >= 15 is 0 Å². The summed E-state index contributed by atoms with van der Waals surface area (Å²) < 4.78 is 5.27. The number of urea groups is 1. The lowest BCUT2D eigenvalue weighted by Crippen LogP contribution is -2.53. The molecule has 2 fully saturated rings. The quantitative estimate of drug-likeness (QED) is 0.537. The molecule has 0 spiro atoms. The SMILES string of the molecule is COc1ccc2cc([C@]3(C)NC(=O)N(CC(=O)N4CCN(C(=O)c5cccs5)CC4)C3=O)ccc2c1. The van der Waals surface area contributed by atoms with E-state index in [-0.39, 0.29) is 18.4 Å². The Morgan fingerprint density at radius 3 is 2.39 bits per heavy atom. The van der Waals surface area contributed by atoms with E-state index < -0.39 is 17.5 Å². The molecule has 0 aliphatic carbocycles. The van der Waals surface area contributed by atoms with E-state index in [1.165, 1.54) is 11.3 Å². The van der Waals surface area contributed by atoms with Gasteiger partial charge < -0.3 is 19.9 Å². The van der Waals surface area contributed by atoms with Crippen LogP contribution in [-0.2, 0) is 15.1 Å². The first kappa shape index (κ1) is 23.8. The van der Waals surface area contributed by atoms with Gasteiger partial charge in [0.25, 0.3) is 11.8 Å². The maximum Gasteiger partial charge on any atom is 0.325 e. The molecule has 2 aliphatic heterocycles. The highest BCUT2D eigenvalue weighted by atomic mass is 32.1. The highest BCUT2D eigenvalue weighted by molar-refractivity contribution is 7.12. The summed E-state index contributed by atoms with van der Waals surface area (Å²) in [7, 11) is 1.60. The van der Waals surface area contributed by atoms with E-state index in [2.05, 4.69) is 5.32 Å². The molecular formula is C26H26N4O5S. The van der Waals surface area contributed by atoms with Gasteiger partial charge >= 0.3 is 6.03 Å². The monoisotopic (exact) mass is 506 g/mol. The number of rotatable bonds is 5. The molecule has 0 unspecified atom stereocenters. The first-order valence-corrected chi connectivity index (χ1v) is 12.5. The van der Waals surface area contributed by atoms with E-state index in [1.807, 2.05) is 41.8 Å². The number of hydrogen-bond acceptors (Lipinski definition) is 6. The first-order chi connectivity index (χ1) is 17.3. The molecule has 1 aromatic heterocycles. The number of benzene rings is 2. The van der Waals surface area contributed by atoms with Gasteiger partial charge in [-0.3, -0.25) is 19.3 Å². The third kappa shape index (κ3) is 4.17. The van der Waals surface area contributed by atoms with Crippen molar-refractivity contribution in [3.63, 3.8) is 0 Å². The largest absolute Gasteiger partial charge is 0.497 e. The molecule has 2 aromatic carbocycles. The molecule has 0 radical (unpaired) electrons. The van der Waals surface area contributed by atoms with Crippen LogP contribution in [0.25, 0.3) is 10.8 Å². The fraction of sp³-hybridized carbons (Fsp3) is 0.308. The number of piperazine rings is 1. The van der Waals surface area contributed by atoms with E-state index in [0.717, 1.165) is 21.4 Å².